The van der Waals surface area contributed by atoms with Crippen molar-refractivity contribution < 1.29 is 9.59 Å². The number of rotatable bonds is 8. The Balaban J connectivity index is 1.26. The van der Waals surface area contributed by atoms with E-state index in [2.05, 4.69) is 22.1 Å². The zero-order valence-electron chi connectivity index (χ0n) is 21.0. The van der Waals surface area contributed by atoms with E-state index in [0.29, 0.717) is 25.8 Å². The molecule has 188 valence electrons. The van der Waals surface area contributed by atoms with Crippen LogP contribution in [0.2, 0.25) is 0 Å². The molecular weight excluding hydrogens is 450 g/mol. The van der Waals surface area contributed by atoms with Gasteiger partial charge in [0.2, 0.25) is 11.8 Å². The summed E-state index contributed by atoms with van der Waals surface area (Å²) in [7, 11) is 0. The maximum atomic E-state index is 13.6. The van der Waals surface area contributed by atoms with Crippen molar-refractivity contribution in [2.75, 3.05) is 19.6 Å². The van der Waals surface area contributed by atoms with Crippen molar-refractivity contribution >= 4 is 11.8 Å². The van der Waals surface area contributed by atoms with Crippen LogP contribution in [0, 0.1) is 0 Å². The molecule has 2 aliphatic heterocycles. The van der Waals surface area contributed by atoms with Crippen LogP contribution < -0.4 is 5.32 Å². The van der Waals surface area contributed by atoms with E-state index in [9.17, 15) is 9.59 Å². The summed E-state index contributed by atoms with van der Waals surface area (Å²) in [6.45, 7) is 4.98. The molecule has 0 aliphatic carbocycles. The molecule has 2 fully saturated rings. The first-order chi connectivity index (χ1) is 17.6. The number of amides is 2. The molecule has 3 aromatic rings. The van der Waals surface area contributed by atoms with E-state index in [-0.39, 0.29) is 11.8 Å². The van der Waals surface area contributed by atoms with Crippen LogP contribution in [-0.4, -0.2) is 62.8 Å². The molecule has 2 N–H and O–H groups in total. The van der Waals surface area contributed by atoms with Gasteiger partial charge in [-0.25, -0.2) is 4.98 Å². The van der Waals surface area contributed by atoms with Crippen molar-refractivity contribution in [1.82, 2.24) is 25.1 Å². The van der Waals surface area contributed by atoms with Gasteiger partial charge in [0.25, 0.3) is 0 Å². The van der Waals surface area contributed by atoms with Gasteiger partial charge in [-0.15, -0.1) is 0 Å². The molecule has 3 heterocycles. The molecule has 7 nitrogen and oxygen atoms in total. The number of nitrogens with zero attached hydrogens (tertiary/aromatic N) is 3. The predicted molar refractivity (Wildman–Crippen MR) is 140 cm³/mol. The van der Waals surface area contributed by atoms with Crippen molar-refractivity contribution in [3.63, 3.8) is 0 Å². The Morgan fingerprint density at radius 1 is 1.00 bits per heavy atom. The van der Waals surface area contributed by atoms with E-state index in [0.717, 1.165) is 55.1 Å². The lowest BCUT2D eigenvalue weighted by Crippen LogP contribution is -2.73. The van der Waals surface area contributed by atoms with Gasteiger partial charge in [0, 0.05) is 44.4 Å². The summed E-state index contributed by atoms with van der Waals surface area (Å²) < 4.78 is 0. The van der Waals surface area contributed by atoms with E-state index in [1.807, 2.05) is 71.8 Å². The number of benzene rings is 2. The fraction of sp³-hybridized carbons (Fsp3) is 0.414. The summed E-state index contributed by atoms with van der Waals surface area (Å²) in [5.74, 6) is 0.927. The zero-order chi connectivity index (χ0) is 25.0. The van der Waals surface area contributed by atoms with Crippen molar-refractivity contribution in [3.05, 3.63) is 78.1 Å². The highest BCUT2D eigenvalue weighted by Crippen LogP contribution is 2.34. The molecule has 0 bridgehead atoms. The highest BCUT2D eigenvalue weighted by molar-refractivity contribution is 6.00. The van der Waals surface area contributed by atoms with Gasteiger partial charge in [-0.2, -0.15) is 0 Å². The highest BCUT2D eigenvalue weighted by atomic mass is 16.2. The summed E-state index contributed by atoms with van der Waals surface area (Å²) in [5.41, 5.74) is 2.36. The Kier molecular flexibility index (Phi) is 7.18. The van der Waals surface area contributed by atoms with Crippen molar-refractivity contribution in [2.45, 2.75) is 57.2 Å². The quantitative estimate of drug-likeness (QED) is 0.509. The Morgan fingerprint density at radius 3 is 2.39 bits per heavy atom. The average molecular weight is 486 g/mol. The Morgan fingerprint density at radius 2 is 1.69 bits per heavy atom. The molecule has 2 aromatic carbocycles. The number of piperazine rings is 1. The average Bonchev–Trinajstić information content (AvgIpc) is 3.38. The number of hydrogen-bond donors (Lipinski definition) is 2. The number of imidazole rings is 1. The van der Waals surface area contributed by atoms with Gasteiger partial charge in [0.05, 0.1) is 5.69 Å². The minimum Gasteiger partial charge on any atom is -0.344 e. The maximum absolute atomic E-state index is 13.6. The predicted octanol–water partition coefficient (Wildman–Crippen LogP) is 3.78. The van der Waals surface area contributed by atoms with Gasteiger partial charge in [-0.05, 0) is 24.8 Å². The van der Waals surface area contributed by atoms with Gasteiger partial charge < -0.3 is 15.2 Å². The van der Waals surface area contributed by atoms with Gasteiger partial charge in [-0.1, -0.05) is 74.0 Å². The van der Waals surface area contributed by atoms with Crippen molar-refractivity contribution in [3.8, 4) is 11.4 Å². The number of unbranched alkanes of at least 4 members (excludes halogenated alkanes) is 1. The SMILES string of the molecule is CCCCN1C(=O)C(Cc2ccccc2)NC(=O)C12CCN(Cc1c[nH]c(-c3ccccc3)n1)CC2. The molecule has 2 aliphatic rings. The molecule has 5 rings (SSSR count). The van der Waals surface area contributed by atoms with Gasteiger partial charge in [0.1, 0.15) is 17.4 Å². The number of aromatic amines is 1. The highest BCUT2D eigenvalue weighted by Gasteiger charge is 2.53. The molecule has 1 unspecified atom stereocenters. The monoisotopic (exact) mass is 485 g/mol. The fourth-order valence-electron chi connectivity index (χ4n) is 5.50. The first kappa shape index (κ1) is 24.3. The Labute approximate surface area is 212 Å². The third-order valence-electron chi connectivity index (χ3n) is 7.57. The lowest BCUT2D eigenvalue weighted by atomic mass is 9.81. The molecule has 36 heavy (non-hydrogen) atoms. The number of aromatic nitrogens is 2. The van der Waals surface area contributed by atoms with Gasteiger partial charge in [0.15, 0.2) is 0 Å². The van der Waals surface area contributed by atoms with E-state index >= 15 is 0 Å². The van der Waals surface area contributed by atoms with E-state index in [4.69, 9.17) is 4.98 Å². The number of likely N-dealkylation sites (tertiary alicyclic amines) is 1. The zero-order valence-corrected chi connectivity index (χ0v) is 21.0. The standard InChI is InChI=1S/C29H35N5O2/c1-2-3-16-34-27(35)25(19-22-10-6-4-7-11-22)32-28(36)29(34)14-17-33(18-15-29)21-24-20-30-26(31-24)23-12-8-5-9-13-23/h4-13,20,25H,2-3,14-19,21H2,1H3,(H,30,31)(H,32,36). The molecule has 1 spiro atoms. The molecule has 7 heteroatoms. The number of carbonyl (C=O) groups is 2. The molecule has 0 saturated carbocycles. The number of H-pyrrole nitrogens is 1. The second-order valence-corrected chi connectivity index (χ2v) is 9.97. The topological polar surface area (TPSA) is 81.3 Å². The number of nitrogens with one attached hydrogen (secondary N) is 2. The summed E-state index contributed by atoms with van der Waals surface area (Å²) in [5, 5.41) is 3.10. The molecular formula is C29H35N5O2. The van der Waals surface area contributed by atoms with E-state index < -0.39 is 11.6 Å². The Hall–Kier alpha value is -3.45. The van der Waals surface area contributed by atoms with Crippen LogP contribution in [-0.2, 0) is 22.6 Å². The summed E-state index contributed by atoms with van der Waals surface area (Å²) in [4.78, 5) is 39.5. The third-order valence-corrected chi connectivity index (χ3v) is 7.57. The molecule has 0 radical (unpaired) electrons. The lowest BCUT2D eigenvalue weighted by molar-refractivity contribution is -0.161. The first-order valence-corrected chi connectivity index (χ1v) is 13.1. The molecule has 1 aromatic heterocycles. The van der Waals surface area contributed by atoms with Crippen LogP contribution in [0.5, 0.6) is 0 Å². The van der Waals surface area contributed by atoms with E-state index in [1.165, 1.54) is 0 Å². The van der Waals surface area contributed by atoms with Crippen LogP contribution in [0.1, 0.15) is 43.9 Å². The number of piperidine rings is 1. The fourth-order valence-corrected chi connectivity index (χ4v) is 5.50. The van der Waals surface area contributed by atoms with Gasteiger partial charge in [-0.3, -0.25) is 14.5 Å². The smallest absolute Gasteiger partial charge is 0.246 e. The normalized spacial score (nSPS) is 20.0. The number of hydrogen-bond acceptors (Lipinski definition) is 4. The van der Waals surface area contributed by atoms with Crippen LogP contribution in [0.25, 0.3) is 11.4 Å². The first-order valence-electron chi connectivity index (χ1n) is 13.1. The van der Waals surface area contributed by atoms with Crippen LogP contribution in [0.4, 0.5) is 0 Å². The summed E-state index contributed by atoms with van der Waals surface area (Å²) in [6.07, 6.45) is 5.66. The second-order valence-electron chi connectivity index (χ2n) is 9.97. The number of carbonyl (C=O) groups excluding carboxylic acids is 2. The van der Waals surface area contributed by atoms with Crippen LogP contribution in [0.15, 0.2) is 66.9 Å². The lowest BCUT2D eigenvalue weighted by Gasteiger charge is -2.51. The summed E-state index contributed by atoms with van der Waals surface area (Å²) >= 11 is 0. The van der Waals surface area contributed by atoms with Crippen LogP contribution in [0.3, 0.4) is 0 Å². The third kappa shape index (κ3) is 4.93. The van der Waals surface area contributed by atoms with Crippen LogP contribution >= 0.6 is 0 Å². The van der Waals surface area contributed by atoms with Crippen molar-refractivity contribution in [1.29, 1.82) is 0 Å². The largest absolute Gasteiger partial charge is 0.344 e. The minimum absolute atomic E-state index is 0.00455. The summed E-state index contributed by atoms with van der Waals surface area (Å²) in [6, 6.07) is 19.5. The molecule has 2 saturated heterocycles. The second kappa shape index (κ2) is 10.7. The minimum atomic E-state index is -0.753. The van der Waals surface area contributed by atoms with Crippen molar-refractivity contribution in [2.24, 2.45) is 0 Å². The van der Waals surface area contributed by atoms with Gasteiger partial charge >= 0.3 is 0 Å². The maximum Gasteiger partial charge on any atom is 0.246 e. The molecule has 2 amide bonds. The van der Waals surface area contributed by atoms with E-state index in [1.54, 1.807) is 0 Å². The Bertz CT molecular complexity index is 1170. The molecule has 1 atom stereocenters.